The predicted molar refractivity (Wildman–Crippen MR) is 135 cm³/mol. The second-order valence-corrected chi connectivity index (χ2v) is 12.1. The van der Waals surface area contributed by atoms with E-state index in [4.69, 9.17) is 5.73 Å². The highest BCUT2D eigenvalue weighted by Crippen LogP contribution is 2.39. The Balaban J connectivity index is 2.09. The molecule has 0 fully saturated rings. The predicted octanol–water partition coefficient (Wildman–Crippen LogP) is 3.60. The Morgan fingerprint density at radius 1 is 1.19 bits per heavy atom. The van der Waals surface area contributed by atoms with Crippen molar-refractivity contribution in [1.29, 1.82) is 0 Å². The van der Waals surface area contributed by atoms with Gasteiger partial charge in [0, 0.05) is 22.3 Å². The minimum Gasteiger partial charge on any atom is -0.616 e. The van der Waals surface area contributed by atoms with Crippen molar-refractivity contribution in [2.45, 2.75) is 31.5 Å². The van der Waals surface area contributed by atoms with E-state index in [9.17, 15) is 13.9 Å². The SMILES string of the molecule is C[S+]([O-])C/C=C/c1ccc(-c2nc([S+](C)[O-])nc3sc(C(=O)NC(C)(C)C)c(N)c23)cc1. The maximum Gasteiger partial charge on any atom is 0.344 e. The van der Waals surface area contributed by atoms with Gasteiger partial charge in [-0.1, -0.05) is 41.5 Å². The second-order valence-electron chi connectivity index (χ2n) is 8.30. The molecule has 10 heteroatoms. The Morgan fingerprint density at radius 3 is 2.41 bits per heavy atom. The highest BCUT2D eigenvalue weighted by atomic mass is 32.2. The third-order valence-electron chi connectivity index (χ3n) is 4.35. The van der Waals surface area contributed by atoms with Crippen molar-refractivity contribution in [3.63, 3.8) is 0 Å². The summed E-state index contributed by atoms with van der Waals surface area (Å²) in [5.41, 5.74) is 8.55. The summed E-state index contributed by atoms with van der Waals surface area (Å²) in [6, 6.07) is 7.60. The summed E-state index contributed by atoms with van der Waals surface area (Å²) >= 11 is -1.12. The van der Waals surface area contributed by atoms with Crippen molar-refractivity contribution >= 4 is 61.6 Å². The van der Waals surface area contributed by atoms with Gasteiger partial charge in [-0.15, -0.1) is 11.3 Å². The van der Waals surface area contributed by atoms with E-state index >= 15 is 0 Å². The average Bonchev–Trinajstić information content (AvgIpc) is 3.03. The number of nitrogens with zero attached hydrogens (tertiary/aromatic N) is 2. The van der Waals surface area contributed by atoms with Gasteiger partial charge in [0.1, 0.15) is 21.7 Å². The lowest BCUT2D eigenvalue weighted by Crippen LogP contribution is -2.40. The molecule has 0 saturated carbocycles. The van der Waals surface area contributed by atoms with E-state index in [1.807, 2.05) is 57.2 Å². The Labute approximate surface area is 197 Å². The number of anilines is 1. The topological polar surface area (TPSA) is 127 Å². The molecule has 0 aliphatic carbocycles. The molecule has 0 saturated heterocycles. The Bertz CT molecular complexity index is 1150. The maximum absolute atomic E-state index is 12.8. The summed E-state index contributed by atoms with van der Waals surface area (Å²) in [5.74, 6) is 0.210. The molecule has 1 aromatic carbocycles. The first kappa shape index (κ1) is 24.5. The lowest BCUT2D eigenvalue weighted by atomic mass is 10.1. The molecule has 32 heavy (non-hydrogen) atoms. The Hall–Kier alpha value is -2.11. The number of hydrogen-bond acceptors (Lipinski definition) is 7. The van der Waals surface area contributed by atoms with Crippen LogP contribution in [0, 0.1) is 0 Å². The van der Waals surface area contributed by atoms with Crippen LogP contribution < -0.4 is 11.1 Å². The molecule has 170 valence electrons. The number of amides is 1. The molecule has 0 radical (unpaired) electrons. The summed E-state index contributed by atoms with van der Waals surface area (Å²) in [4.78, 5) is 22.6. The fraction of sp³-hybridized carbons (Fsp3) is 0.318. The van der Waals surface area contributed by atoms with Gasteiger partial charge in [-0.25, -0.2) is 0 Å². The summed E-state index contributed by atoms with van der Waals surface area (Å²) in [5, 5.41) is 3.69. The number of fused-ring (bicyclic) bond motifs is 1. The third-order valence-corrected chi connectivity index (χ3v) is 6.80. The molecule has 0 spiro atoms. The molecule has 3 aromatic rings. The average molecular weight is 491 g/mol. The Kier molecular flexibility index (Phi) is 7.51. The van der Waals surface area contributed by atoms with Gasteiger partial charge in [-0.3, -0.25) is 4.79 Å². The fourth-order valence-electron chi connectivity index (χ4n) is 2.98. The zero-order valence-corrected chi connectivity index (χ0v) is 21.0. The normalized spacial score (nSPS) is 14.1. The van der Waals surface area contributed by atoms with E-state index in [2.05, 4.69) is 15.3 Å². The molecule has 3 rings (SSSR count). The van der Waals surface area contributed by atoms with Crippen LogP contribution in [0.1, 0.15) is 36.0 Å². The molecule has 0 bridgehead atoms. The smallest absolute Gasteiger partial charge is 0.344 e. The van der Waals surface area contributed by atoms with Crippen molar-refractivity contribution in [1.82, 2.24) is 15.3 Å². The lowest BCUT2D eigenvalue weighted by Gasteiger charge is -2.20. The summed E-state index contributed by atoms with van der Waals surface area (Å²) < 4.78 is 23.4. The molecule has 2 atom stereocenters. The number of rotatable bonds is 6. The third kappa shape index (κ3) is 5.81. The van der Waals surface area contributed by atoms with Crippen LogP contribution in [0.2, 0.25) is 0 Å². The summed E-state index contributed by atoms with van der Waals surface area (Å²) in [7, 11) is 0. The molecule has 2 heterocycles. The molecular formula is C22H26N4O3S3. The second kappa shape index (κ2) is 9.80. The van der Waals surface area contributed by atoms with Crippen LogP contribution in [0.5, 0.6) is 0 Å². The van der Waals surface area contributed by atoms with Gasteiger partial charge in [0.25, 0.3) is 5.91 Å². The van der Waals surface area contributed by atoms with Crippen LogP contribution in [0.4, 0.5) is 5.69 Å². The monoisotopic (exact) mass is 490 g/mol. The Morgan fingerprint density at radius 2 is 1.84 bits per heavy atom. The van der Waals surface area contributed by atoms with Gasteiger partial charge >= 0.3 is 5.16 Å². The molecule has 1 amide bonds. The fourth-order valence-corrected chi connectivity index (χ4v) is 4.83. The van der Waals surface area contributed by atoms with E-state index in [1.54, 1.807) is 6.26 Å². The number of thiophene rings is 1. The molecule has 0 aliphatic heterocycles. The van der Waals surface area contributed by atoms with Gasteiger partial charge in [0.05, 0.1) is 23.0 Å². The molecular weight excluding hydrogens is 464 g/mol. The highest BCUT2D eigenvalue weighted by Gasteiger charge is 2.26. The van der Waals surface area contributed by atoms with Crippen molar-refractivity contribution in [2.75, 3.05) is 24.0 Å². The van der Waals surface area contributed by atoms with Crippen LogP contribution >= 0.6 is 11.3 Å². The first-order chi connectivity index (χ1) is 15.0. The van der Waals surface area contributed by atoms with E-state index < -0.39 is 27.9 Å². The van der Waals surface area contributed by atoms with Crippen LogP contribution in [-0.2, 0) is 22.4 Å². The first-order valence-electron chi connectivity index (χ1n) is 9.79. The molecule has 2 aromatic heterocycles. The first-order valence-corrected chi connectivity index (χ1v) is 13.9. The quantitative estimate of drug-likeness (QED) is 0.401. The number of benzene rings is 1. The van der Waals surface area contributed by atoms with Crippen LogP contribution in [0.25, 0.3) is 27.6 Å². The van der Waals surface area contributed by atoms with Crippen LogP contribution in [-0.4, -0.2) is 48.8 Å². The van der Waals surface area contributed by atoms with E-state index in [0.717, 1.165) is 11.1 Å². The summed E-state index contributed by atoms with van der Waals surface area (Å²) in [6.07, 6.45) is 6.94. The largest absolute Gasteiger partial charge is 0.616 e. The minimum absolute atomic E-state index is 0.186. The highest BCUT2D eigenvalue weighted by molar-refractivity contribution is 7.90. The van der Waals surface area contributed by atoms with Crippen LogP contribution in [0.3, 0.4) is 0 Å². The summed E-state index contributed by atoms with van der Waals surface area (Å²) in [6.45, 7) is 5.68. The van der Waals surface area contributed by atoms with Gasteiger partial charge in [0.15, 0.2) is 0 Å². The lowest BCUT2D eigenvalue weighted by molar-refractivity contribution is 0.0924. The number of carbonyl (C=O) groups excluding carboxylic acids is 1. The van der Waals surface area contributed by atoms with Crippen molar-refractivity contribution in [3.8, 4) is 11.3 Å². The molecule has 0 aliphatic rings. The number of carbonyl (C=O) groups is 1. The zero-order chi connectivity index (χ0) is 23.6. The van der Waals surface area contributed by atoms with E-state index in [1.165, 1.54) is 17.6 Å². The number of aromatic nitrogens is 2. The number of nitrogen functional groups attached to an aromatic ring is 1. The molecule has 3 N–H and O–H groups in total. The number of nitrogens with one attached hydrogen (secondary N) is 1. The van der Waals surface area contributed by atoms with E-state index in [-0.39, 0.29) is 11.1 Å². The number of hydrogen-bond donors (Lipinski definition) is 2. The van der Waals surface area contributed by atoms with Crippen molar-refractivity contribution < 1.29 is 13.9 Å². The standard InChI is InChI=1S/C22H26N4O3S3/c1-22(2,3)26-19(27)18-16(23)15-17(24-21(32(5)29)25-20(15)30-18)14-10-8-13(9-11-14)7-6-12-31(4)28/h6-11H,12,23H2,1-5H3,(H,26,27)/b7-6+. The van der Waals surface area contributed by atoms with E-state index in [0.29, 0.717) is 32.2 Å². The minimum atomic E-state index is -1.40. The van der Waals surface area contributed by atoms with Gasteiger partial charge < -0.3 is 20.2 Å². The van der Waals surface area contributed by atoms with Gasteiger partial charge in [0.2, 0.25) is 0 Å². The zero-order valence-electron chi connectivity index (χ0n) is 18.6. The van der Waals surface area contributed by atoms with Gasteiger partial charge in [-0.2, -0.15) is 9.97 Å². The molecule has 7 nitrogen and oxygen atoms in total. The number of nitrogens with two attached hydrogens (primary N) is 1. The van der Waals surface area contributed by atoms with Gasteiger partial charge in [-0.05, 0) is 32.4 Å². The van der Waals surface area contributed by atoms with Crippen molar-refractivity contribution in [2.24, 2.45) is 0 Å². The maximum atomic E-state index is 12.8. The molecule has 2 unspecified atom stereocenters. The van der Waals surface area contributed by atoms with Crippen LogP contribution in [0.15, 0.2) is 35.5 Å². The van der Waals surface area contributed by atoms with Crippen molar-refractivity contribution in [3.05, 3.63) is 40.8 Å².